The Hall–Kier alpha value is -3.80. The van der Waals surface area contributed by atoms with Gasteiger partial charge in [0.25, 0.3) is 5.91 Å². The van der Waals surface area contributed by atoms with E-state index in [9.17, 15) is 9.90 Å². The quantitative estimate of drug-likeness (QED) is 0.437. The summed E-state index contributed by atoms with van der Waals surface area (Å²) in [6.07, 6.45) is 1.61. The van der Waals surface area contributed by atoms with Gasteiger partial charge in [0.05, 0.1) is 18.8 Å². The van der Waals surface area contributed by atoms with E-state index in [1.807, 2.05) is 31.2 Å². The molecule has 3 heterocycles. The van der Waals surface area contributed by atoms with Crippen LogP contribution >= 0.6 is 0 Å². The molecular formula is C26H25N3O3. The van der Waals surface area contributed by atoms with Crippen molar-refractivity contribution in [1.29, 1.82) is 0 Å². The van der Waals surface area contributed by atoms with Gasteiger partial charge in [-0.3, -0.25) is 9.89 Å². The van der Waals surface area contributed by atoms with E-state index in [1.165, 1.54) is 5.56 Å². The van der Waals surface area contributed by atoms with Crippen molar-refractivity contribution >= 4 is 5.91 Å². The number of rotatable bonds is 5. The Bertz CT molecular complexity index is 1270. The number of carbonyl (C=O) groups is 1. The maximum Gasteiger partial charge on any atom is 0.273 e. The number of aromatic hydroxyl groups is 1. The number of aromatic nitrogens is 2. The van der Waals surface area contributed by atoms with Gasteiger partial charge in [-0.05, 0) is 48.2 Å². The normalized spacial score (nSPS) is 15.6. The lowest BCUT2D eigenvalue weighted by Crippen LogP contribution is -2.29. The van der Waals surface area contributed by atoms with Crippen LogP contribution in [0.2, 0.25) is 0 Å². The molecule has 0 radical (unpaired) electrons. The van der Waals surface area contributed by atoms with Gasteiger partial charge >= 0.3 is 0 Å². The molecule has 32 heavy (non-hydrogen) atoms. The highest BCUT2D eigenvalue weighted by Crippen LogP contribution is 2.45. The molecule has 4 aromatic rings. The number of nitrogens with zero attached hydrogens (tertiary/aromatic N) is 2. The molecule has 162 valence electrons. The zero-order valence-corrected chi connectivity index (χ0v) is 18.3. The van der Waals surface area contributed by atoms with Gasteiger partial charge in [0, 0.05) is 11.1 Å². The first kappa shape index (κ1) is 20.1. The van der Waals surface area contributed by atoms with Gasteiger partial charge in [-0.1, -0.05) is 49.7 Å². The summed E-state index contributed by atoms with van der Waals surface area (Å²) in [6.45, 7) is 6.62. The number of phenols is 1. The molecule has 0 unspecified atom stereocenters. The number of phenolic OH excluding ortho intramolecular Hbond substituents is 1. The smallest absolute Gasteiger partial charge is 0.273 e. The first-order chi connectivity index (χ1) is 15.4. The molecule has 0 saturated heterocycles. The van der Waals surface area contributed by atoms with Crippen molar-refractivity contribution in [1.82, 2.24) is 15.1 Å². The number of hydrogen-bond acceptors (Lipinski definition) is 4. The van der Waals surface area contributed by atoms with Crippen LogP contribution in [0.1, 0.15) is 64.3 Å². The lowest BCUT2D eigenvalue weighted by Gasteiger charge is -2.26. The maximum absolute atomic E-state index is 13.4. The average molecular weight is 428 g/mol. The largest absolute Gasteiger partial charge is 0.507 e. The van der Waals surface area contributed by atoms with Crippen LogP contribution in [-0.2, 0) is 6.54 Å². The molecule has 2 aromatic carbocycles. The Balaban J connectivity index is 1.67. The minimum atomic E-state index is -0.350. The zero-order valence-electron chi connectivity index (χ0n) is 18.3. The molecule has 0 saturated carbocycles. The molecule has 1 aliphatic rings. The molecule has 5 rings (SSSR count). The van der Waals surface area contributed by atoms with Crippen LogP contribution in [-0.4, -0.2) is 26.1 Å². The van der Waals surface area contributed by atoms with Crippen LogP contribution in [0.3, 0.4) is 0 Å². The highest BCUT2D eigenvalue weighted by molar-refractivity contribution is 6.00. The second-order valence-corrected chi connectivity index (χ2v) is 8.62. The van der Waals surface area contributed by atoms with Gasteiger partial charge in [-0.2, -0.15) is 5.10 Å². The fourth-order valence-electron chi connectivity index (χ4n) is 4.38. The van der Waals surface area contributed by atoms with Crippen LogP contribution < -0.4 is 0 Å². The van der Waals surface area contributed by atoms with E-state index in [2.05, 4.69) is 48.3 Å². The molecule has 0 fully saturated rings. The van der Waals surface area contributed by atoms with Gasteiger partial charge in [0.1, 0.15) is 22.9 Å². The number of aryl methyl sites for hydroxylation is 1. The number of H-pyrrole nitrogens is 1. The van der Waals surface area contributed by atoms with Crippen molar-refractivity contribution in [2.75, 3.05) is 0 Å². The number of fused-ring (bicyclic) bond motifs is 1. The van der Waals surface area contributed by atoms with E-state index in [4.69, 9.17) is 4.42 Å². The molecule has 0 spiro atoms. The topological polar surface area (TPSA) is 82.4 Å². The standard InChI is InChI=1S/C26H25N3O3/c1-15(2)17-7-9-18(10-8-17)25-22-23(20-13-16(3)6-11-21(20)30)27-28-24(22)26(31)29(25)14-19-5-4-12-32-19/h4-13,15,25,30H,14H2,1-3H3,(H,27,28)/t25-/m0/s1. The Morgan fingerprint density at radius 1 is 1.16 bits per heavy atom. The van der Waals surface area contributed by atoms with Gasteiger partial charge in [-0.25, -0.2) is 0 Å². The number of hydrogen-bond donors (Lipinski definition) is 2. The third-order valence-corrected chi connectivity index (χ3v) is 6.10. The second kappa shape index (κ2) is 7.71. The van der Waals surface area contributed by atoms with E-state index in [0.717, 1.165) is 16.7 Å². The number of benzene rings is 2. The minimum absolute atomic E-state index is 0.135. The summed E-state index contributed by atoms with van der Waals surface area (Å²) in [6, 6.07) is 17.1. The number of furan rings is 1. The molecule has 2 N–H and O–H groups in total. The van der Waals surface area contributed by atoms with Gasteiger partial charge in [-0.15, -0.1) is 0 Å². The Morgan fingerprint density at radius 2 is 1.94 bits per heavy atom. The highest BCUT2D eigenvalue weighted by Gasteiger charge is 2.42. The van der Waals surface area contributed by atoms with Crippen LogP contribution in [0.4, 0.5) is 0 Å². The summed E-state index contributed by atoms with van der Waals surface area (Å²) >= 11 is 0. The summed E-state index contributed by atoms with van der Waals surface area (Å²) in [5, 5.41) is 18.0. The fourth-order valence-corrected chi connectivity index (χ4v) is 4.38. The SMILES string of the molecule is Cc1ccc(O)c(-c2n[nH]c3c2[C@H](c2ccc(C(C)C)cc2)N(Cc2ccco2)C3=O)c1. The fraction of sp³-hybridized carbons (Fsp3) is 0.231. The molecule has 1 aliphatic heterocycles. The molecule has 6 heteroatoms. The summed E-state index contributed by atoms with van der Waals surface area (Å²) in [5.41, 5.74) is 5.66. The minimum Gasteiger partial charge on any atom is -0.507 e. The zero-order chi connectivity index (χ0) is 22.4. The van der Waals surface area contributed by atoms with E-state index >= 15 is 0 Å². The number of amides is 1. The van der Waals surface area contributed by atoms with Gasteiger partial charge < -0.3 is 14.4 Å². The van der Waals surface area contributed by atoms with Crippen molar-refractivity contribution in [3.63, 3.8) is 0 Å². The molecule has 1 atom stereocenters. The Morgan fingerprint density at radius 3 is 2.62 bits per heavy atom. The van der Waals surface area contributed by atoms with Crippen molar-refractivity contribution in [3.8, 4) is 17.0 Å². The Kier molecular flexibility index (Phi) is 4.85. The molecule has 0 bridgehead atoms. The molecule has 1 amide bonds. The van der Waals surface area contributed by atoms with Crippen molar-refractivity contribution in [3.05, 3.63) is 94.6 Å². The van der Waals surface area contributed by atoms with Crippen molar-refractivity contribution < 1.29 is 14.3 Å². The third kappa shape index (κ3) is 3.28. The predicted molar refractivity (Wildman–Crippen MR) is 121 cm³/mol. The van der Waals surface area contributed by atoms with Gasteiger partial charge in [0.15, 0.2) is 0 Å². The van der Waals surface area contributed by atoms with E-state index in [0.29, 0.717) is 35.2 Å². The summed E-state index contributed by atoms with van der Waals surface area (Å²) in [5.74, 6) is 1.12. The molecule has 6 nitrogen and oxygen atoms in total. The number of carbonyl (C=O) groups excluding carboxylic acids is 1. The average Bonchev–Trinajstić information content (AvgIpc) is 3.50. The van der Waals surface area contributed by atoms with Crippen LogP contribution in [0, 0.1) is 6.92 Å². The summed E-state index contributed by atoms with van der Waals surface area (Å²) in [4.78, 5) is 15.2. The molecular weight excluding hydrogens is 402 g/mol. The van der Waals surface area contributed by atoms with Gasteiger partial charge in [0.2, 0.25) is 0 Å². The first-order valence-electron chi connectivity index (χ1n) is 10.8. The summed E-state index contributed by atoms with van der Waals surface area (Å²) in [7, 11) is 0. The first-order valence-corrected chi connectivity index (χ1v) is 10.8. The van der Waals surface area contributed by atoms with E-state index in [1.54, 1.807) is 17.2 Å². The van der Waals surface area contributed by atoms with E-state index < -0.39 is 0 Å². The van der Waals surface area contributed by atoms with Crippen LogP contribution in [0.5, 0.6) is 5.75 Å². The van der Waals surface area contributed by atoms with Crippen LogP contribution in [0.25, 0.3) is 11.3 Å². The maximum atomic E-state index is 13.4. The number of nitrogens with one attached hydrogen (secondary N) is 1. The molecule has 2 aromatic heterocycles. The summed E-state index contributed by atoms with van der Waals surface area (Å²) < 4.78 is 5.54. The second-order valence-electron chi connectivity index (χ2n) is 8.62. The lowest BCUT2D eigenvalue weighted by atomic mass is 9.93. The Labute approximate surface area is 186 Å². The third-order valence-electron chi connectivity index (χ3n) is 6.10. The molecule has 0 aliphatic carbocycles. The van der Waals surface area contributed by atoms with Crippen LogP contribution in [0.15, 0.2) is 65.3 Å². The van der Waals surface area contributed by atoms with Crippen molar-refractivity contribution in [2.24, 2.45) is 0 Å². The van der Waals surface area contributed by atoms with E-state index in [-0.39, 0.29) is 17.7 Å². The highest BCUT2D eigenvalue weighted by atomic mass is 16.3. The predicted octanol–water partition coefficient (Wildman–Crippen LogP) is 5.55. The number of aromatic amines is 1. The lowest BCUT2D eigenvalue weighted by molar-refractivity contribution is 0.0717. The van der Waals surface area contributed by atoms with Crippen molar-refractivity contribution in [2.45, 2.75) is 39.3 Å². The monoisotopic (exact) mass is 427 g/mol.